The van der Waals surface area contributed by atoms with Crippen LogP contribution < -0.4 is 11.1 Å². The predicted octanol–water partition coefficient (Wildman–Crippen LogP) is 0.903. The van der Waals surface area contributed by atoms with Crippen LogP contribution >= 0.6 is 0 Å². The molecule has 0 aliphatic carbocycles. The van der Waals surface area contributed by atoms with E-state index in [1.165, 1.54) is 0 Å². The topological polar surface area (TPSA) is 69.0 Å². The molecule has 0 bridgehead atoms. The van der Waals surface area contributed by atoms with Crippen LogP contribution in [0.4, 0.5) is 0 Å². The molecule has 0 saturated carbocycles. The van der Waals surface area contributed by atoms with Gasteiger partial charge in [-0.15, -0.1) is 0 Å². The molecule has 0 saturated heterocycles. The van der Waals surface area contributed by atoms with E-state index in [2.05, 4.69) is 24.1 Å². The number of hydrogen-bond donors (Lipinski definition) is 2. The highest BCUT2D eigenvalue weighted by molar-refractivity contribution is 6.60. The van der Waals surface area contributed by atoms with Gasteiger partial charge in [-0.1, -0.05) is 13.8 Å². The first-order chi connectivity index (χ1) is 10.1. The van der Waals surface area contributed by atoms with Crippen LogP contribution in [0.3, 0.4) is 0 Å². The molecule has 0 spiro atoms. The van der Waals surface area contributed by atoms with Crippen LogP contribution in [0.15, 0.2) is 0 Å². The van der Waals surface area contributed by atoms with Crippen LogP contribution in [0, 0.1) is 0 Å². The summed E-state index contributed by atoms with van der Waals surface area (Å²) in [5, 5.41) is 3.42. The summed E-state index contributed by atoms with van der Waals surface area (Å²) in [6, 6.07) is 1.37. The molecule has 0 rings (SSSR count). The maximum absolute atomic E-state index is 5.55. The molecule has 0 aromatic carbocycles. The maximum Gasteiger partial charge on any atom is 0.500 e. The fraction of sp³-hybridized carbons (Fsp3) is 1.00. The standard InChI is InChI=1S/C14H35N3O3Si/c1-6-17(7-2)14(13-16-11-10-15)9-8-12-21(18-3,19-4)20-5/h14,16H,6-13,15H2,1-5H3. The molecular formula is C14H35N3O3Si. The average Bonchev–Trinajstić information content (AvgIpc) is 2.53. The molecule has 0 amide bonds. The Kier molecular flexibility index (Phi) is 12.5. The fourth-order valence-electron chi connectivity index (χ4n) is 2.63. The average molecular weight is 322 g/mol. The van der Waals surface area contributed by atoms with Crippen molar-refractivity contribution in [2.45, 2.75) is 38.8 Å². The summed E-state index contributed by atoms with van der Waals surface area (Å²) < 4.78 is 16.4. The Morgan fingerprint density at radius 1 is 1.10 bits per heavy atom. The summed E-state index contributed by atoms with van der Waals surface area (Å²) in [5.41, 5.74) is 5.55. The molecule has 0 aliphatic heterocycles. The van der Waals surface area contributed by atoms with Gasteiger partial charge >= 0.3 is 8.80 Å². The molecule has 0 aliphatic rings. The summed E-state index contributed by atoms with van der Waals surface area (Å²) in [5.74, 6) is 0. The molecule has 0 aromatic rings. The second kappa shape index (κ2) is 12.5. The van der Waals surface area contributed by atoms with Gasteiger partial charge in [0.25, 0.3) is 0 Å². The number of likely N-dealkylation sites (N-methyl/N-ethyl adjacent to an activating group) is 1. The van der Waals surface area contributed by atoms with E-state index in [0.717, 1.165) is 45.1 Å². The van der Waals surface area contributed by atoms with Gasteiger partial charge in [0.2, 0.25) is 0 Å². The van der Waals surface area contributed by atoms with E-state index < -0.39 is 8.80 Å². The summed E-state index contributed by atoms with van der Waals surface area (Å²) in [6.45, 7) is 9.05. The van der Waals surface area contributed by atoms with Crippen molar-refractivity contribution in [3.63, 3.8) is 0 Å². The van der Waals surface area contributed by atoms with Crippen LogP contribution in [0.25, 0.3) is 0 Å². The molecule has 6 nitrogen and oxygen atoms in total. The first-order valence-electron chi connectivity index (χ1n) is 7.93. The highest BCUT2D eigenvalue weighted by atomic mass is 28.4. The molecule has 0 radical (unpaired) electrons. The third-order valence-electron chi connectivity index (χ3n) is 3.98. The molecule has 1 unspecified atom stereocenters. The quantitative estimate of drug-likeness (QED) is 0.366. The van der Waals surface area contributed by atoms with Gasteiger partial charge in [-0.25, -0.2) is 0 Å². The Morgan fingerprint density at radius 3 is 2.10 bits per heavy atom. The monoisotopic (exact) mass is 321 g/mol. The van der Waals surface area contributed by atoms with E-state index in [1.54, 1.807) is 21.3 Å². The smallest absolute Gasteiger partial charge is 0.377 e. The van der Waals surface area contributed by atoms with E-state index in [0.29, 0.717) is 12.6 Å². The van der Waals surface area contributed by atoms with Crippen molar-refractivity contribution in [3.05, 3.63) is 0 Å². The molecule has 128 valence electrons. The second-order valence-electron chi connectivity index (χ2n) is 5.06. The minimum Gasteiger partial charge on any atom is -0.377 e. The molecule has 0 heterocycles. The van der Waals surface area contributed by atoms with Gasteiger partial charge in [0, 0.05) is 53.0 Å². The molecule has 3 N–H and O–H groups in total. The summed E-state index contributed by atoms with van der Waals surface area (Å²) in [4.78, 5) is 2.49. The molecule has 1 atom stereocenters. The summed E-state index contributed by atoms with van der Waals surface area (Å²) >= 11 is 0. The highest BCUT2D eigenvalue weighted by Crippen LogP contribution is 2.18. The van der Waals surface area contributed by atoms with Gasteiger partial charge in [-0.05, 0) is 25.9 Å². The molecule has 0 fully saturated rings. The minimum absolute atomic E-state index is 0.517. The molecule has 21 heavy (non-hydrogen) atoms. The van der Waals surface area contributed by atoms with Crippen molar-refractivity contribution in [1.29, 1.82) is 0 Å². The van der Waals surface area contributed by atoms with Crippen LogP contribution in [0.5, 0.6) is 0 Å². The predicted molar refractivity (Wildman–Crippen MR) is 89.5 cm³/mol. The largest absolute Gasteiger partial charge is 0.500 e. The fourth-order valence-corrected chi connectivity index (χ4v) is 4.38. The van der Waals surface area contributed by atoms with Gasteiger partial charge in [0.05, 0.1) is 0 Å². The van der Waals surface area contributed by atoms with Gasteiger partial charge in [-0.3, -0.25) is 4.90 Å². The first kappa shape index (κ1) is 21.0. The second-order valence-corrected chi connectivity index (χ2v) is 8.15. The van der Waals surface area contributed by atoms with E-state index in [9.17, 15) is 0 Å². The van der Waals surface area contributed by atoms with Gasteiger partial charge in [0.15, 0.2) is 0 Å². The van der Waals surface area contributed by atoms with Gasteiger partial charge < -0.3 is 24.3 Å². The van der Waals surface area contributed by atoms with Gasteiger partial charge in [-0.2, -0.15) is 0 Å². The zero-order chi connectivity index (χ0) is 16.1. The van der Waals surface area contributed by atoms with Crippen molar-refractivity contribution in [3.8, 4) is 0 Å². The van der Waals surface area contributed by atoms with Crippen LogP contribution in [-0.4, -0.2) is 73.8 Å². The van der Waals surface area contributed by atoms with Crippen LogP contribution in [0.2, 0.25) is 6.04 Å². The van der Waals surface area contributed by atoms with Gasteiger partial charge in [0.1, 0.15) is 0 Å². The minimum atomic E-state index is -2.44. The SMILES string of the molecule is CCN(CC)C(CCC[Si](OC)(OC)OC)CNCCN. The number of rotatable bonds is 14. The third-order valence-corrected chi connectivity index (χ3v) is 6.82. The van der Waals surface area contributed by atoms with Crippen molar-refractivity contribution in [2.75, 3.05) is 54.1 Å². The summed E-state index contributed by atoms with van der Waals surface area (Å²) in [7, 11) is 2.58. The zero-order valence-electron chi connectivity index (χ0n) is 14.5. The Morgan fingerprint density at radius 2 is 1.67 bits per heavy atom. The molecular weight excluding hydrogens is 286 g/mol. The van der Waals surface area contributed by atoms with Crippen LogP contribution in [-0.2, 0) is 13.3 Å². The lowest BCUT2D eigenvalue weighted by Crippen LogP contribution is -2.45. The Balaban J connectivity index is 4.38. The molecule has 7 heteroatoms. The highest BCUT2D eigenvalue weighted by Gasteiger charge is 2.37. The number of nitrogens with two attached hydrogens (primary N) is 1. The third kappa shape index (κ3) is 7.69. The zero-order valence-corrected chi connectivity index (χ0v) is 15.5. The van der Waals surface area contributed by atoms with Crippen molar-refractivity contribution >= 4 is 8.80 Å². The number of nitrogens with zero attached hydrogens (tertiary/aromatic N) is 1. The lowest BCUT2D eigenvalue weighted by atomic mass is 10.1. The Bertz CT molecular complexity index is 231. The van der Waals surface area contributed by atoms with E-state index in [4.69, 9.17) is 19.0 Å². The summed E-state index contributed by atoms with van der Waals surface area (Å²) in [6.07, 6.45) is 2.14. The number of hydrogen-bond acceptors (Lipinski definition) is 6. The Labute approximate surface area is 131 Å². The first-order valence-corrected chi connectivity index (χ1v) is 9.86. The van der Waals surface area contributed by atoms with E-state index in [-0.39, 0.29) is 0 Å². The van der Waals surface area contributed by atoms with Crippen LogP contribution in [0.1, 0.15) is 26.7 Å². The van der Waals surface area contributed by atoms with Crippen molar-refractivity contribution < 1.29 is 13.3 Å². The number of nitrogens with one attached hydrogen (secondary N) is 1. The van der Waals surface area contributed by atoms with Crippen molar-refractivity contribution in [2.24, 2.45) is 5.73 Å². The Hall–Kier alpha value is -0.0231. The van der Waals surface area contributed by atoms with Crippen molar-refractivity contribution in [1.82, 2.24) is 10.2 Å². The normalized spacial score (nSPS) is 13.9. The van der Waals surface area contributed by atoms with E-state index >= 15 is 0 Å². The lowest BCUT2D eigenvalue weighted by Gasteiger charge is -2.31. The lowest BCUT2D eigenvalue weighted by molar-refractivity contribution is 0.121. The van der Waals surface area contributed by atoms with E-state index in [1.807, 2.05) is 0 Å². The maximum atomic E-state index is 5.55. The molecule has 0 aromatic heterocycles.